The van der Waals surface area contributed by atoms with Gasteiger partial charge in [0.15, 0.2) is 0 Å². The van der Waals surface area contributed by atoms with E-state index in [9.17, 15) is 4.79 Å². The van der Waals surface area contributed by atoms with Crippen LogP contribution in [0.3, 0.4) is 0 Å². The number of halogens is 1. The van der Waals surface area contributed by atoms with Crippen molar-refractivity contribution in [1.82, 2.24) is 14.9 Å². The van der Waals surface area contributed by atoms with E-state index >= 15 is 0 Å². The molecule has 0 N–H and O–H groups in total. The number of rotatable bonds is 7. The first-order valence-electron chi connectivity index (χ1n) is 10.6. The summed E-state index contributed by atoms with van der Waals surface area (Å²) < 4.78 is 5.79. The Morgan fingerprint density at radius 3 is 2.53 bits per heavy atom. The number of piperazine rings is 1. The maximum Gasteiger partial charge on any atom is 0.222 e. The Balaban J connectivity index is 1.44. The van der Waals surface area contributed by atoms with Gasteiger partial charge in [-0.15, -0.1) is 0 Å². The van der Waals surface area contributed by atoms with Gasteiger partial charge in [0.1, 0.15) is 17.4 Å². The SMILES string of the molecule is Cc1cc(N2CCN(C(=O)CCCOc3ccc(Cl)cc3C)CC2)nc(C(C)C)n1. The molecule has 1 aromatic heterocycles. The van der Waals surface area contributed by atoms with Crippen molar-refractivity contribution in [1.29, 1.82) is 0 Å². The van der Waals surface area contributed by atoms with Crippen molar-refractivity contribution in [2.75, 3.05) is 37.7 Å². The third kappa shape index (κ3) is 5.85. The minimum atomic E-state index is 0.188. The van der Waals surface area contributed by atoms with Crippen molar-refractivity contribution in [3.63, 3.8) is 0 Å². The molecule has 1 amide bonds. The van der Waals surface area contributed by atoms with Gasteiger partial charge in [0.25, 0.3) is 0 Å². The Labute approximate surface area is 184 Å². The van der Waals surface area contributed by atoms with Gasteiger partial charge >= 0.3 is 0 Å². The van der Waals surface area contributed by atoms with E-state index in [1.165, 1.54) is 0 Å². The summed E-state index contributed by atoms with van der Waals surface area (Å²) in [5.41, 5.74) is 1.99. The second kappa shape index (κ2) is 10.1. The number of hydrogen-bond donors (Lipinski definition) is 0. The Hall–Kier alpha value is -2.34. The van der Waals surface area contributed by atoms with Crippen LogP contribution >= 0.6 is 11.6 Å². The van der Waals surface area contributed by atoms with Gasteiger partial charge in [-0.3, -0.25) is 4.79 Å². The summed E-state index contributed by atoms with van der Waals surface area (Å²) in [6.45, 7) is 11.7. The smallest absolute Gasteiger partial charge is 0.222 e. The molecule has 0 saturated carbocycles. The van der Waals surface area contributed by atoms with Crippen LogP contribution in [0.5, 0.6) is 5.75 Å². The van der Waals surface area contributed by atoms with Crippen LogP contribution in [0.25, 0.3) is 0 Å². The summed E-state index contributed by atoms with van der Waals surface area (Å²) in [6, 6.07) is 7.60. The van der Waals surface area contributed by atoms with Crippen molar-refractivity contribution in [2.24, 2.45) is 0 Å². The third-order valence-corrected chi connectivity index (χ3v) is 5.50. The highest BCUT2D eigenvalue weighted by Crippen LogP contribution is 2.22. The topological polar surface area (TPSA) is 58.6 Å². The molecular weight excluding hydrogens is 400 g/mol. The highest BCUT2D eigenvalue weighted by Gasteiger charge is 2.22. The average molecular weight is 431 g/mol. The molecule has 0 atom stereocenters. The molecule has 0 bridgehead atoms. The van der Waals surface area contributed by atoms with Gasteiger partial charge in [-0.1, -0.05) is 25.4 Å². The molecule has 7 heteroatoms. The molecule has 0 spiro atoms. The van der Waals surface area contributed by atoms with Crippen LogP contribution in [0.1, 0.15) is 49.7 Å². The first kappa shape index (κ1) is 22.3. The van der Waals surface area contributed by atoms with Crippen LogP contribution in [-0.2, 0) is 4.79 Å². The number of carbonyl (C=O) groups excluding carboxylic acids is 1. The van der Waals surface area contributed by atoms with Crippen molar-refractivity contribution in [2.45, 2.75) is 46.5 Å². The molecule has 1 aliphatic rings. The van der Waals surface area contributed by atoms with E-state index in [-0.39, 0.29) is 5.91 Å². The van der Waals surface area contributed by atoms with E-state index in [0.29, 0.717) is 30.4 Å². The lowest BCUT2D eigenvalue weighted by Crippen LogP contribution is -2.49. The largest absolute Gasteiger partial charge is 0.493 e. The van der Waals surface area contributed by atoms with Crippen molar-refractivity contribution in [3.8, 4) is 5.75 Å². The normalized spacial score (nSPS) is 14.3. The maximum atomic E-state index is 12.6. The standard InChI is InChI=1S/C23H31ClN4O2/c1-16(2)23-25-18(4)15-21(26-23)27-9-11-28(12-10-27)22(29)6-5-13-30-20-8-7-19(24)14-17(20)3/h7-8,14-16H,5-6,9-13H2,1-4H3. The lowest BCUT2D eigenvalue weighted by molar-refractivity contribution is -0.131. The quantitative estimate of drug-likeness (QED) is 0.610. The zero-order chi connectivity index (χ0) is 21.7. The molecule has 0 radical (unpaired) electrons. The van der Waals surface area contributed by atoms with Crippen LogP contribution < -0.4 is 9.64 Å². The van der Waals surface area contributed by atoms with Crippen molar-refractivity contribution in [3.05, 3.63) is 46.4 Å². The predicted octanol–water partition coefficient (Wildman–Crippen LogP) is 4.38. The summed E-state index contributed by atoms with van der Waals surface area (Å²) in [4.78, 5) is 26.0. The molecule has 162 valence electrons. The minimum absolute atomic E-state index is 0.188. The van der Waals surface area contributed by atoms with E-state index in [1.54, 1.807) is 0 Å². The highest BCUT2D eigenvalue weighted by atomic mass is 35.5. The van der Waals surface area contributed by atoms with Crippen LogP contribution in [0.15, 0.2) is 24.3 Å². The molecule has 1 saturated heterocycles. The van der Waals surface area contributed by atoms with Gasteiger partial charge in [-0.2, -0.15) is 0 Å². The summed E-state index contributed by atoms with van der Waals surface area (Å²) in [5.74, 6) is 3.14. The minimum Gasteiger partial charge on any atom is -0.493 e. The maximum absolute atomic E-state index is 12.6. The molecular formula is C23H31ClN4O2. The Morgan fingerprint density at radius 1 is 1.13 bits per heavy atom. The van der Waals surface area contributed by atoms with Gasteiger partial charge in [0, 0.05) is 55.3 Å². The fraction of sp³-hybridized carbons (Fsp3) is 0.522. The fourth-order valence-electron chi connectivity index (χ4n) is 3.52. The number of carbonyl (C=O) groups is 1. The molecule has 6 nitrogen and oxygen atoms in total. The first-order chi connectivity index (χ1) is 14.3. The number of benzene rings is 1. The van der Waals surface area contributed by atoms with Crippen LogP contribution in [-0.4, -0.2) is 53.6 Å². The van der Waals surface area contributed by atoms with Crippen molar-refractivity contribution < 1.29 is 9.53 Å². The number of hydrogen-bond acceptors (Lipinski definition) is 5. The summed E-state index contributed by atoms with van der Waals surface area (Å²) in [5, 5.41) is 0.701. The monoisotopic (exact) mass is 430 g/mol. The highest BCUT2D eigenvalue weighted by molar-refractivity contribution is 6.30. The number of aryl methyl sites for hydroxylation is 2. The first-order valence-corrected chi connectivity index (χ1v) is 11.0. The summed E-state index contributed by atoms with van der Waals surface area (Å²) in [7, 11) is 0. The Morgan fingerprint density at radius 2 is 1.87 bits per heavy atom. The van der Waals surface area contributed by atoms with E-state index in [4.69, 9.17) is 21.3 Å². The van der Waals surface area contributed by atoms with E-state index < -0.39 is 0 Å². The van der Waals surface area contributed by atoms with Gasteiger partial charge in [0.05, 0.1) is 6.61 Å². The lowest BCUT2D eigenvalue weighted by atomic mass is 10.2. The van der Waals surface area contributed by atoms with E-state index in [1.807, 2.05) is 43.0 Å². The second-order valence-corrected chi connectivity index (χ2v) is 8.55. The Kier molecular flexibility index (Phi) is 7.53. The third-order valence-electron chi connectivity index (χ3n) is 5.26. The second-order valence-electron chi connectivity index (χ2n) is 8.11. The summed E-state index contributed by atoms with van der Waals surface area (Å²) >= 11 is 5.97. The number of aromatic nitrogens is 2. The van der Waals surface area contributed by atoms with E-state index in [0.717, 1.165) is 54.8 Å². The molecule has 1 aromatic carbocycles. The fourth-order valence-corrected chi connectivity index (χ4v) is 3.74. The average Bonchev–Trinajstić information content (AvgIpc) is 2.72. The lowest BCUT2D eigenvalue weighted by Gasteiger charge is -2.35. The van der Waals surface area contributed by atoms with Crippen LogP contribution in [0.4, 0.5) is 5.82 Å². The van der Waals surface area contributed by atoms with Gasteiger partial charge < -0.3 is 14.5 Å². The molecule has 1 aliphatic heterocycles. The van der Waals surface area contributed by atoms with Crippen molar-refractivity contribution >= 4 is 23.3 Å². The molecule has 30 heavy (non-hydrogen) atoms. The van der Waals surface area contributed by atoms with Gasteiger partial charge in [0.2, 0.25) is 5.91 Å². The number of ether oxygens (including phenoxy) is 1. The zero-order valence-corrected chi connectivity index (χ0v) is 19.1. The summed E-state index contributed by atoms with van der Waals surface area (Å²) in [6.07, 6.45) is 1.20. The number of anilines is 1. The number of nitrogens with zero attached hydrogens (tertiary/aromatic N) is 4. The molecule has 2 heterocycles. The number of amides is 1. The molecule has 3 rings (SSSR count). The van der Waals surface area contributed by atoms with E-state index in [2.05, 4.69) is 23.7 Å². The van der Waals surface area contributed by atoms with Gasteiger partial charge in [-0.05, 0) is 44.0 Å². The molecule has 0 aliphatic carbocycles. The molecule has 2 aromatic rings. The molecule has 0 unspecified atom stereocenters. The predicted molar refractivity (Wildman–Crippen MR) is 121 cm³/mol. The van der Waals surface area contributed by atoms with Gasteiger partial charge in [-0.25, -0.2) is 9.97 Å². The molecule has 1 fully saturated rings. The Bertz CT molecular complexity index is 880. The zero-order valence-electron chi connectivity index (χ0n) is 18.3. The van der Waals surface area contributed by atoms with Crippen LogP contribution in [0.2, 0.25) is 5.02 Å². The van der Waals surface area contributed by atoms with Crippen LogP contribution in [0, 0.1) is 13.8 Å².